The minimum Gasteiger partial charge on any atom is -0.389 e. The number of benzene rings is 1. The lowest BCUT2D eigenvalue weighted by Crippen LogP contribution is -2.43. The van der Waals surface area contributed by atoms with Crippen molar-refractivity contribution in [2.45, 2.75) is 24.0 Å². The van der Waals surface area contributed by atoms with Crippen molar-refractivity contribution in [2.75, 3.05) is 27.3 Å². The molecular formula is C14H23N3O5S. The molecule has 0 radical (unpaired) electrons. The van der Waals surface area contributed by atoms with Crippen molar-refractivity contribution in [3.8, 4) is 0 Å². The number of nitrogens with zero attached hydrogens (tertiary/aromatic N) is 1. The van der Waals surface area contributed by atoms with Gasteiger partial charge in [-0.3, -0.25) is 0 Å². The predicted octanol–water partition coefficient (Wildman–Crippen LogP) is 0.0437. The van der Waals surface area contributed by atoms with Crippen molar-refractivity contribution < 1.29 is 23.1 Å². The van der Waals surface area contributed by atoms with E-state index in [9.17, 15) is 18.3 Å². The molecule has 23 heavy (non-hydrogen) atoms. The van der Waals surface area contributed by atoms with Gasteiger partial charge in [0.25, 0.3) is 0 Å². The molecule has 2 unspecified atom stereocenters. The van der Waals surface area contributed by atoms with Crippen molar-refractivity contribution in [1.29, 1.82) is 0 Å². The number of carbonyl (C=O) groups excluding carboxylic acids is 1. The Morgan fingerprint density at radius 3 is 2.43 bits per heavy atom. The number of likely N-dealkylation sites (N-methyl/N-ethyl adjacent to an activating group) is 1. The van der Waals surface area contributed by atoms with E-state index in [0.29, 0.717) is 0 Å². The molecule has 1 aromatic rings. The molecule has 0 saturated carbocycles. The van der Waals surface area contributed by atoms with Gasteiger partial charge in [-0.1, -0.05) is 12.1 Å². The first-order valence-electron chi connectivity index (χ1n) is 6.96. The van der Waals surface area contributed by atoms with Crippen LogP contribution < -0.4 is 10.5 Å². The van der Waals surface area contributed by atoms with Crippen LogP contribution >= 0.6 is 0 Å². The predicted molar refractivity (Wildman–Crippen MR) is 85.3 cm³/mol. The number of hydrogen-bond acceptors (Lipinski definition) is 5. The molecule has 2 atom stereocenters. The Labute approximate surface area is 136 Å². The molecular weight excluding hydrogens is 322 g/mol. The van der Waals surface area contributed by atoms with Crippen LogP contribution in [0, 0.1) is 0 Å². The SMILES string of the molecule is COCC(O)CN(C)C(=O)NC(C)c1ccc(S(N)(=O)=O)cc1. The summed E-state index contributed by atoms with van der Waals surface area (Å²) in [7, 11) is -0.707. The van der Waals surface area contributed by atoms with Gasteiger partial charge in [-0.2, -0.15) is 0 Å². The molecule has 1 aromatic carbocycles. The first-order chi connectivity index (χ1) is 10.6. The van der Waals surface area contributed by atoms with E-state index < -0.39 is 16.1 Å². The lowest BCUT2D eigenvalue weighted by Gasteiger charge is -2.23. The maximum atomic E-state index is 12.0. The van der Waals surface area contributed by atoms with Crippen LogP contribution in [0.25, 0.3) is 0 Å². The molecule has 130 valence electrons. The number of aliphatic hydroxyl groups is 1. The van der Waals surface area contributed by atoms with E-state index in [1.165, 1.54) is 24.1 Å². The summed E-state index contributed by atoms with van der Waals surface area (Å²) >= 11 is 0. The highest BCUT2D eigenvalue weighted by atomic mass is 32.2. The summed E-state index contributed by atoms with van der Waals surface area (Å²) in [5.41, 5.74) is 0.733. The first kappa shape index (κ1) is 19.4. The molecule has 2 amide bonds. The monoisotopic (exact) mass is 345 g/mol. The summed E-state index contributed by atoms with van der Waals surface area (Å²) < 4.78 is 27.2. The number of nitrogens with one attached hydrogen (secondary N) is 1. The minimum atomic E-state index is -3.74. The highest BCUT2D eigenvalue weighted by Crippen LogP contribution is 2.15. The van der Waals surface area contributed by atoms with Crippen LogP contribution in [-0.2, 0) is 14.8 Å². The number of ether oxygens (including phenoxy) is 1. The van der Waals surface area contributed by atoms with Gasteiger partial charge in [0.15, 0.2) is 0 Å². The van der Waals surface area contributed by atoms with Gasteiger partial charge < -0.3 is 20.1 Å². The fourth-order valence-corrected chi connectivity index (χ4v) is 2.48. The Balaban J connectivity index is 2.64. The highest BCUT2D eigenvalue weighted by molar-refractivity contribution is 7.89. The molecule has 0 saturated heterocycles. The average Bonchev–Trinajstić information content (AvgIpc) is 2.46. The second-order valence-corrected chi connectivity index (χ2v) is 6.84. The molecule has 9 heteroatoms. The standard InChI is InChI=1S/C14H23N3O5S/c1-10(11-4-6-13(7-5-11)23(15,20)21)16-14(19)17(2)8-12(18)9-22-3/h4-7,10,12,18H,8-9H2,1-3H3,(H,16,19)(H2,15,20,21). The van der Waals surface area contributed by atoms with Gasteiger partial charge in [-0.15, -0.1) is 0 Å². The topological polar surface area (TPSA) is 122 Å². The number of aliphatic hydroxyl groups excluding tert-OH is 1. The van der Waals surface area contributed by atoms with Gasteiger partial charge in [-0.25, -0.2) is 18.4 Å². The Bertz CT molecular complexity index is 618. The number of rotatable bonds is 7. The van der Waals surface area contributed by atoms with E-state index in [1.54, 1.807) is 26.1 Å². The molecule has 0 fully saturated rings. The number of methoxy groups -OCH3 is 1. The van der Waals surface area contributed by atoms with E-state index in [2.05, 4.69) is 5.32 Å². The van der Waals surface area contributed by atoms with Crippen LogP contribution in [0.4, 0.5) is 4.79 Å². The van der Waals surface area contributed by atoms with Gasteiger partial charge in [0.05, 0.1) is 30.2 Å². The average molecular weight is 345 g/mol. The van der Waals surface area contributed by atoms with Crippen LogP contribution in [0.3, 0.4) is 0 Å². The van der Waals surface area contributed by atoms with Crippen molar-refractivity contribution in [1.82, 2.24) is 10.2 Å². The second-order valence-electron chi connectivity index (χ2n) is 5.27. The molecule has 4 N–H and O–H groups in total. The summed E-state index contributed by atoms with van der Waals surface area (Å²) in [5.74, 6) is 0. The van der Waals surface area contributed by atoms with Crippen LogP contribution in [0.5, 0.6) is 0 Å². The number of carbonyl (C=O) groups is 1. The highest BCUT2D eigenvalue weighted by Gasteiger charge is 2.17. The number of hydrogen-bond donors (Lipinski definition) is 3. The lowest BCUT2D eigenvalue weighted by molar-refractivity contribution is 0.0488. The normalized spacial score (nSPS) is 14.1. The van der Waals surface area contributed by atoms with E-state index >= 15 is 0 Å². The van der Waals surface area contributed by atoms with Gasteiger partial charge in [0.1, 0.15) is 0 Å². The molecule has 0 bridgehead atoms. The number of sulfonamides is 1. The maximum Gasteiger partial charge on any atom is 0.317 e. The van der Waals surface area contributed by atoms with E-state index in [4.69, 9.17) is 9.88 Å². The maximum absolute atomic E-state index is 12.0. The van der Waals surface area contributed by atoms with Gasteiger partial charge in [0.2, 0.25) is 10.0 Å². The zero-order chi connectivity index (χ0) is 17.6. The molecule has 0 aliphatic carbocycles. The summed E-state index contributed by atoms with van der Waals surface area (Å²) in [5, 5.41) is 17.4. The lowest BCUT2D eigenvalue weighted by atomic mass is 10.1. The Hall–Kier alpha value is -1.68. The van der Waals surface area contributed by atoms with Gasteiger partial charge >= 0.3 is 6.03 Å². The quantitative estimate of drug-likeness (QED) is 0.644. The van der Waals surface area contributed by atoms with Gasteiger partial charge in [-0.05, 0) is 24.6 Å². The van der Waals surface area contributed by atoms with Crippen molar-refractivity contribution in [2.24, 2.45) is 5.14 Å². The first-order valence-corrected chi connectivity index (χ1v) is 8.51. The zero-order valence-electron chi connectivity index (χ0n) is 13.4. The van der Waals surface area contributed by atoms with Crippen LogP contribution in [0.2, 0.25) is 0 Å². The summed E-state index contributed by atoms with van der Waals surface area (Å²) in [6, 6.07) is 5.26. The van der Waals surface area contributed by atoms with Crippen molar-refractivity contribution in [3.05, 3.63) is 29.8 Å². The van der Waals surface area contributed by atoms with E-state index in [1.807, 2.05) is 0 Å². The molecule has 0 aliphatic heterocycles. The molecule has 0 aromatic heterocycles. The van der Waals surface area contributed by atoms with Gasteiger partial charge in [0, 0.05) is 14.2 Å². The third-order valence-electron chi connectivity index (χ3n) is 3.24. The van der Waals surface area contributed by atoms with E-state index in [0.717, 1.165) is 5.56 Å². The van der Waals surface area contributed by atoms with E-state index in [-0.39, 0.29) is 30.1 Å². The molecule has 0 spiro atoms. The largest absolute Gasteiger partial charge is 0.389 e. The summed E-state index contributed by atoms with van der Waals surface area (Å²) in [6.07, 6.45) is -0.764. The fraction of sp³-hybridized carbons (Fsp3) is 0.500. The second kappa shape index (κ2) is 8.25. The molecule has 1 rings (SSSR count). The third kappa shape index (κ3) is 6.14. The van der Waals surface area contributed by atoms with Crippen LogP contribution in [0.15, 0.2) is 29.2 Å². The molecule has 0 aliphatic rings. The smallest absolute Gasteiger partial charge is 0.317 e. The Morgan fingerprint density at radius 1 is 1.39 bits per heavy atom. The fourth-order valence-electron chi connectivity index (χ4n) is 1.97. The van der Waals surface area contributed by atoms with Crippen molar-refractivity contribution in [3.63, 3.8) is 0 Å². The Morgan fingerprint density at radius 2 is 1.96 bits per heavy atom. The molecule has 0 heterocycles. The number of urea groups is 1. The minimum absolute atomic E-state index is 0.0135. The van der Waals surface area contributed by atoms with Crippen LogP contribution in [0.1, 0.15) is 18.5 Å². The number of nitrogens with two attached hydrogens (primary N) is 1. The zero-order valence-corrected chi connectivity index (χ0v) is 14.2. The summed E-state index contributed by atoms with van der Waals surface area (Å²) in [6.45, 7) is 2.04. The summed E-state index contributed by atoms with van der Waals surface area (Å²) in [4.78, 5) is 13.4. The Kier molecular flexibility index (Phi) is 6.95. The van der Waals surface area contributed by atoms with Crippen molar-refractivity contribution >= 4 is 16.1 Å². The number of amides is 2. The van der Waals surface area contributed by atoms with Crippen LogP contribution in [-0.4, -0.2) is 57.9 Å². The third-order valence-corrected chi connectivity index (χ3v) is 4.17. The molecule has 8 nitrogen and oxygen atoms in total. The number of primary sulfonamides is 1.